The zero-order chi connectivity index (χ0) is 23.8. The maximum Gasteiger partial charge on any atom is 0.416 e. The van der Waals surface area contributed by atoms with Gasteiger partial charge in [0, 0.05) is 5.56 Å². The van der Waals surface area contributed by atoms with Crippen molar-refractivity contribution in [1.82, 2.24) is 19.5 Å². The number of imidazole rings is 1. The number of anilines is 1. The van der Waals surface area contributed by atoms with E-state index in [-0.39, 0.29) is 28.4 Å². The predicted molar refractivity (Wildman–Crippen MR) is 106 cm³/mol. The van der Waals surface area contributed by atoms with Crippen LogP contribution in [0.4, 0.5) is 19.0 Å². The third kappa shape index (κ3) is 4.47. The molecule has 3 heterocycles. The van der Waals surface area contributed by atoms with Crippen molar-refractivity contribution in [2.45, 2.75) is 30.7 Å². The van der Waals surface area contributed by atoms with E-state index in [1.165, 1.54) is 30.1 Å². The summed E-state index contributed by atoms with van der Waals surface area (Å²) in [5.41, 5.74) is 2.16. The highest BCUT2D eigenvalue weighted by atomic mass is 19.4. The molecular weight excluding hydrogens is 447 g/mol. The van der Waals surface area contributed by atoms with Crippen molar-refractivity contribution in [3.05, 3.63) is 47.5 Å². The van der Waals surface area contributed by atoms with Gasteiger partial charge in [-0.1, -0.05) is 12.0 Å². The number of rotatable bonds is 4. The van der Waals surface area contributed by atoms with Crippen LogP contribution in [-0.2, 0) is 15.8 Å². The minimum atomic E-state index is -4.51. The molecule has 4 atom stereocenters. The third-order valence-corrected chi connectivity index (χ3v) is 4.92. The topological polar surface area (TPSA) is 135 Å². The van der Waals surface area contributed by atoms with Crippen molar-refractivity contribution in [1.29, 1.82) is 0 Å². The zero-order valence-corrected chi connectivity index (χ0v) is 17.0. The molecular formula is C20H18F3N5O5. The van der Waals surface area contributed by atoms with Crippen molar-refractivity contribution in [2.24, 2.45) is 0 Å². The first-order valence-corrected chi connectivity index (χ1v) is 9.58. The molecule has 0 unspecified atom stereocenters. The van der Waals surface area contributed by atoms with Crippen LogP contribution in [0, 0.1) is 11.8 Å². The van der Waals surface area contributed by atoms with Gasteiger partial charge in [0.15, 0.2) is 23.2 Å². The Labute approximate surface area is 184 Å². The molecule has 0 amide bonds. The lowest BCUT2D eigenvalue weighted by molar-refractivity contribution is -0.137. The van der Waals surface area contributed by atoms with E-state index in [4.69, 9.17) is 9.57 Å². The van der Waals surface area contributed by atoms with Gasteiger partial charge in [-0.3, -0.25) is 9.40 Å². The molecule has 1 fully saturated rings. The van der Waals surface area contributed by atoms with E-state index in [1.54, 1.807) is 0 Å². The van der Waals surface area contributed by atoms with Crippen LogP contribution in [0.3, 0.4) is 0 Å². The number of aliphatic hydroxyl groups is 3. The lowest BCUT2D eigenvalue weighted by Gasteiger charge is -2.16. The van der Waals surface area contributed by atoms with Gasteiger partial charge in [0.25, 0.3) is 0 Å². The van der Waals surface area contributed by atoms with Gasteiger partial charge in [0.1, 0.15) is 18.3 Å². The Hall–Kier alpha value is -3.28. The first-order valence-electron chi connectivity index (χ1n) is 9.58. The van der Waals surface area contributed by atoms with Crippen LogP contribution in [0.15, 0.2) is 30.6 Å². The Bertz CT molecular complexity index is 1220. The minimum Gasteiger partial charge on any atom is -0.394 e. The Morgan fingerprint density at radius 1 is 1.21 bits per heavy atom. The minimum absolute atomic E-state index is 0.0760. The molecule has 1 saturated heterocycles. The van der Waals surface area contributed by atoms with Crippen LogP contribution in [0.1, 0.15) is 23.2 Å². The van der Waals surface area contributed by atoms with E-state index >= 15 is 0 Å². The van der Waals surface area contributed by atoms with Crippen molar-refractivity contribution < 1.29 is 38.1 Å². The second-order valence-electron chi connectivity index (χ2n) is 7.08. The Kier molecular flexibility index (Phi) is 6.19. The van der Waals surface area contributed by atoms with E-state index < -0.39 is 42.9 Å². The molecule has 1 aromatic carbocycles. The second kappa shape index (κ2) is 8.93. The van der Waals surface area contributed by atoms with Gasteiger partial charge in [0.05, 0.1) is 25.6 Å². The van der Waals surface area contributed by atoms with Gasteiger partial charge >= 0.3 is 6.18 Å². The van der Waals surface area contributed by atoms with Crippen molar-refractivity contribution in [3.8, 4) is 11.8 Å². The highest BCUT2D eigenvalue weighted by Crippen LogP contribution is 2.32. The summed E-state index contributed by atoms with van der Waals surface area (Å²) < 4.78 is 45.7. The van der Waals surface area contributed by atoms with E-state index in [0.717, 1.165) is 12.1 Å². The van der Waals surface area contributed by atoms with E-state index in [9.17, 15) is 28.5 Å². The average Bonchev–Trinajstić information content (AvgIpc) is 3.33. The molecule has 10 nitrogen and oxygen atoms in total. The normalized spacial score (nSPS) is 22.9. The number of aliphatic hydroxyl groups excluding tert-OH is 3. The number of nitrogens with one attached hydrogen (secondary N) is 1. The van der Waals surface area contributed by atoms with Gasteiger partial charge in [-0.05, 0) is 24.1 Å². The smallest absolute Gasteiger partial charge is 0.394 e. The first kappa shape index (κ1) is 22.9. The van der Waals surface area contributed by atoms with Crippen molar-refractivity contribution in [2.75, 3.05) is 19.2 Å². The standard InChI is InChI=1S/C20H18F3N5O5/c1-32-27-17-14-18(28(9-24-14)19-16(31)15(30)12(8-29)33-19)26-13(25-17)6-5-10-3-2-4-11(7-10)20(21,22)23/h2-4,7,9,12,15-16,19,29-31H,8H2,1H3,(H,25,26,27)/t12-,15-,16-,19-/m1/s1. The summed E-state index contributed by atoms with van der Waals surface area (Å²) in [4.78, 5) is 17.5. The SMILES string of the molecule is CONc1nc(C#Cc2cccc(C(F)(F)F)c2)nc2c1ncn2[C@@H]1O[C@H](CO)[C@@H](O)[C@H]1O. The number of hydrogen-bond acceptors (Lipinski definition) is 9. The van der Waals surface area contributed by atoms with E-state index in [1.807, 2.05) is 0 Å². The van der Waals surface area contributed by atoms with Crippen molar-refractivity contribution >= 4 is 17.0 Å². The molecule has 2 aromatic heterocycles. The van der Waals surface area contributed by atoms with Crippen LogP contribution in [0.2, 0.25) is 0 Å². The summed E-state index contributed by atoms with van der Waals surface area (Å²) >= 11 is 0. The molecule has 0 aliphatic carbocycles. The quantitative estimate of drug-likeness (QED) is 0.326. The summed E-state index contributed by atoms with van der Waals surface area (Å²) in [6, 6.07) is 4.50. The molecule has 4 N–H and O–H groups in total. The second-order valence-corrected chi connectivity index (χ2v) is 7.08. The number of alkyl halides is 3. The van der Waals surface area contributed by atoms with Crippen LogP contribution < -0.4 is 5.48 Å². The maximum absolute atomic E-state index is 12.9. The Balaban J connectivity index is 1.75. The molecule has 1 aliphatic heterocycles. The van der Waals surface area contributed by atoms with Crippen LogP contribution in [0.5, 0.6) is 0 Å². The fourth-order valence-corrected chi connectivity index (χ4v) is 3.34. The fourth-order valence-electron chi connectivity index (χ4n) is 3.34. The Morgan fingerprint density at radius 3 is 2.67 bits per heavy atom. The molecule has 0 spiro atoms. The number of hydrogen-bond donors (Lipinski definition) is 4. The van der Waals surface area contributed by atoms with Gasteiger partial charge < -0.3 is 20.1 Å². The summed E-state index contributed by atoms with van der Waals surface area (Å²) in [6.07, 6.45) is -8.06. The molecule has 1 aliphatic rings. The van der Waals surface area contributed by atoms with Crippen molar-refractivity contribution in [3.63, 3.8) is 0 Å². The summed E-state index contributed by atoms with van der Waals surface area (Å²) in [5.74, 6) is 5.24. The lowest BCUT2D eigenvalue weighted by atomic mass is 10.1. The van der Waals surface area contributed by atoms with Gasteiger partial charge in [-0.15, -0.1) is 0 Å². The monoisotopic (exact) mass is 465 g/mol. The predicted octanol–water partition coefficient (Wildman–Crippen LogP) is 0.830. The molecule has 33 heavy (non-hydrogen) atoms. The number of benzene rings is 1. The molecule has 3 aromatic rings. The van der Waals surface area contributed by atoms with Gasteiger partial charge in [-0.2, -0.15) is 18.2 Å². The number of halogens is 3. The molecule has 13 heteroatoms. The van der Waals surface area contributed by atoms with Crippen LogP contribution in [-0.4, -0.2) is 66.9 Å². The largest absolute Gasteiger partial charge is 0.416 e. The number of fused-ring (bicyclic) bond motifs is 1. The number of ether oxygens (including phenoxy) is 1. The summed E-state index contributed by atoms with van der Waals surface area (Å²) in [6.45, 7) is -0.513. The highest BCUT2D eigenvalue weighted by Gasteiger charge is 2.44. The first-order chi connectivity index (χ1) is 15.7. The van der Waals surface area contributed by atoms with Crippen LogP contribution >= 0.6 is 0 Å². The summed E-state index contributed by atoms with van der Waals surface area (Å²) in [5, 5.41) is 29.7. The fraction of sp³-hybridized carbons (Fsp3) is 0.350. The lowest BCUT2D eigenvalue weighted by Crippen LogP contribution is -2.33. The third-order valence-electron chi connectivity index (χ3n) is 4.92. The van der Waals surface area contributed by atoms with Gasteiger partial charge in [0.2, 0.25) is 5.82 Å². The molecule has 174 valence electrons. The number of nitrogens with zero attached hydrogens (tertiary/aromatic N) is 4. The van der Waals surface area contributed by atoms with E-state index in [0.29, 0.717) is 0 Å². The summed E-state index contributed by atoms with van der Waals surface area (Å²) in [7, 11) is 1.34. The van der Waals surface area contributed by atoms with Crippen LogP contribution in [0.25, 0.3) is 11.2 Å². The zero-order valence-electron chi connectivity index (χ0n) is 17.0. The van der Waals surface area contributed by atoms with E-state index in [2.05, 4.69) is 32.3 Å². The highest BCUT2D eigenvalue weighted by molar-refractivity contribution is 5.83. The Morgan fingerprint density at radius 2 is 2.00 bits per heavy atom. The molecule has 4 rings (SSSR count). The molecule has 0 saturated carbocycles. The maximum atomic E-state index is 12.9. The number of aromatic nitrogens is 4. The average molecular weight is 465 g/mol. The molecule has 0 bridgehead atoms. The molecule has 0 radical (unpaired) electrons. The van der Waals surface area contributed by atoms with Gasteiger partial charge in [-0.25, -0.2) is 15.4 Å².